The topological polar surface area (TPSA) is 38.3 Å². The molecular formula is C12H21F2NO2. The van der Waals surface area contributed by atoms with E-state index in [9.17, 15) is 13.6 Å². The second kappa shape index (κ2) is 4.78. The highest BCUT2D eigenvalue weighted by atomic mass is 19.3. The van der Waals surface area contributed by atoms with E-state index >= 15 is 0 Å². The van der Waals surface area contributed by atoms with Crippen LogP contribution in [0.3, 0.4) is 0 Å². The number of carbonyl (C=O) groups is 1. The van der Waals surface area contributed by atoms with E-state index in [2.05, 4.69) is 5.32 Å². The van der Waals surface area contributed by atoms with Crippen LogP contribution in [0.1, 0.15) is 47.0 Å². The van der Waals surface area contributed by atoms with Crippen molar-refractivity contribution in [3.05, 3.63) is 0 Å². The van der Waals surface area contributed by atoms with E-state index in [0.717, 1.165) is 0 Å². The van der Waals surface area contributed by atoms with Crippen molar-refractivity contribution in [3.63, 3.8) is 0 Å². The first-order valence-corrected chi connectivity index (χ1v) is 5.99. The first kappa shape index (κ1) is 14.2. The summed E-state index contributed by atoms with van der Waals surface area (Å²) in [5.41, 5.74) is -0.607. The quantitative estimate of drug-likeness (QED) is 0.774. The van der Waals surface area contributed by atoms with E-state index in [1.54, 1.807) is 20.8 Å². The Kier molecular flexibility index (Phi) is 3.99. The molecule has 1 saturated carbocycles. The maximum absolute atomic E-state index is 13.4. The summed E-state index contributed by atoms with van der Waals surface area (Å²) in [6, 6.07) is -0.506. The molecule has 1 aliphatic rings. The van der Waals surface area contributed by atoms with E-state index in [1.807, 2.05) is 0 Å². The fourth-order valence-electron chi connectivity index (χ4n) is 1.99. The SMILES string of the molecule is CC1C(NC(=O)OC(C)(C)C)CCCC1(F)F. The smallest absolute Gasteiger partial charge is 0.407 e. The van der Waals surface area contributed by atoms with Crippen LogP contribution in [0, 0.1) is 5.92 Å². The van der Waals surface area contributed by atoms with Gasteiger partial charge in [-0.1, -0.05) is 6.92 Å². The van der Waals surface area contributed by atoms with Gasteiger partial charge >= 0.3 is 6.09 Å². The predicted octanol–water partition coefficient (Wildman–Crippen LogP) is 3.34. The molecule has 1 N–H and O–H groups in total. The van der Waals surface area contributed by atoms with Crippen molar-refractivity contribution in [1.29, 1.82) is 0 Å². The minimum absolute atomic E-state index is 0.0966. The lowest BCUT2D eigenvalue weighted by Gasteiger charge is -2.36. The van der Waals surface area contributed by atoms with Crippen molar-refractivity contribution in [2.75, 3.05) is 0 Å². The lowest BCUT2D eigenvalue weighted by atomic mass is 9.82. The highest BCUT2D eigenvalue weighted by Crippen LogP contribution is 2.38. The van der Waals surface area contributed by atoms with Gasteiger partial charge in [-0.3, -0.25) is 0 Å². The van der Waals surface area contributed by atoms with Crippen LogP contribution in [-0.4, -0.2) is 23.7 Å². The van der Waals surface area contributed by atoms with Crippen LogP contribution >= 0.6 is 0 Å². The van der Waals surface area contributed by atoms with Crippen LogP contribution in [0.2, 0.25) is 0 Å². The minimum atomic E-state index is -2.70. The summed E-state index contributed by atoms with van der Waals surface area (Å²) in [6.07, 6.45) is 0.293. The van der Waals surface area contributed by atoms with E-state index in [0.29, 0.717) is 12.8 Å². The first-order chi connectivity index (χ1) is 7.62. The number of halogens is 2. The summed E-state index contributed by atoms with van der Waals surface area (Å²) in [5, 5.41) is 2.54. The molecule has 2 unspecified atom stereocenters. The summed E-state index contributed by atoms with van der Waals surface area (Å²) in [7, 11) is 0. The molecule has 0 radical (unpaired) electrons. The number of hydrogen-bond donors (Lipinski definition) is 1. The van der Waals surface area contributed by atoms with Crippen LogP contribution in [0.25, 0.3) is 0 Å². The maximum atomic E-state index is 13.4. The molecular weight excluding hydrogens is 228 g/mol. The third-order valence-corrected chi connectivity index (χ3v) is 3.00. The van der Waals surface area contributed by atoms with Crippen molar-refractivity contribution < 1.29 is 18.3 Å². The largest absolute Gasteiger partial charge is 0.444 e. The van der Waals surface area contributed by atoms with E-state index < -0.39 is 29.6 Å². The van der Waals surface area contributed by atoms with Crippen LogP contribution in [0.15, 0.2) is 0 Å². The molecule has 1 aliphatic carbocycles. The first-order valence-electron chi connectivity index (χ1n) is 5.99. The third-order valence-electron chi connectivity index (χ3n) is 3.00. The molecule has 1 amide bonds. The van der Waals surface area contributed by atoms with Crippen molar-refractivity contribution in [3.8, 4) is 0 Å². The number of nitrogens with one attached hydrogen (secondary N) is 1. The minimum Gasteiger partial charge on any atom is -0.444 e. The Morgan fingerprint density at radius 2 is 2.00 bits per heavy atom. The van der Waals surface area contributed by atoms with Gasteiger partial charge in [-0.25, -0.2) is 13.6 Å². The third kappa shape index (κ3) is 4.13. The van der Waals surface area contributed by atoms with Crippen LogP contribution < -0.4 is 5.32 Å². The zero-order valence-electron chi connectivity index (χ0n) is 10.8. The second-order valence-electron chi connectivity index (χ2n) is 5.69. The molecule has 0 bridgehead atoms. The van der Waals surface area contributed by atoms with Gasteiger partial charge in [0.05, 0.1) is 0 Å². The number of rotatable bonds is 1. The summed E-state index contributed by atoms with van der Waals surface area (Å²) < 4.78 is 32.0. The Bertz CT molecular complexity index is 287. The molecule has 17 heavy (non-hydrogen) atoms. The summed E-state index contributed by atoms with van der Waals surface area (Å²) in [6.45, 7) is 6.70. The van der Waals surface area contributed by atoms with Crippen molar-refractivity contribution in [1.82, 2.24) is 5.32 Å². The van der Waals surface area contributed by atoms with Gasteiger partial charge in [0.2, 0.25) is 0 Å². The standard InChI is InChI=1S/C12H21F2NO2/c1-8-9(6-5-7-12(8,13)14)15-10(16)17-11(2,3)4/h8-9H,5-7H2,1-4H3,(H,15,16). The number of amides is 1. The predicted molar refractivity (Wildman–Crippen MR) is 61.1 cm³/mol. The molecule has 0 aromatic carbocycles. The Hall–Kier alpha value is -0.870. The van der Waals surface area contributed by atoms with Crippen LogP contribution in [-0.2, 0) is 4.74 Å². The van der Waals surface area contributed by atoms with Gasteiger partial charge in [0.1, 0.15) is 5.60 Å². The average Bonchev–Trinajstić information content (AvgIpc) is 2.09. The molecule has 5 heteroatoms. The van der Waals surface area contributed by atoms with Gasteiger partial charge in [-0.2, -0.15) is 0 Å². The average molecular weight is 249 g/mol. The second-order valence-corrected chi connectivity index (χ2v) is 5.69. The summed E-state index contributed by atoms with van der Waals surface area (Å²) in [4.78, 5) is 11.5. The molecule has 0 aromatic heterocycles. The van der Waals surface area contributed by atoms with Crippen molar-refractivity contribution >= 4 is 6.09 Å². The Balaban J connectivity index is 2.54. The van der Waals surface area contributed by atoms with Crippen molar-refractivity contribution in [2.45, 2.75) is 64.5 Å². The lowest BCUT2D eigenvalue weighted by molar-refractivity contribution is -0.0907. The molecule has 0 spiro atoms. The fraction of sp³-hybridized carbons (Fsp3) is 0.917. The molecule has 0 aliphatic heterocycles. The number of alkyl halides is 2. The number of alkyl carbamates (subject to hydrolysis) is 1. The van der Waals surface area contributed by atoms with E-state index in [4.69, 9.17) is 4.74 Å². The van der Waals surface area contributed by atoms with Gasteiger partial charge in [-0.15, -0.1) is 0 Å². The van der Waals surface area contributed by atoms with E-state index in [-0.39, 0.29) is 6.42 Å². The highest BCUT2D eigenvalue weighted by Gasteiger charge is 2.44. The Morgan fingerprint density at radius 1 is 1.41 bits per heavy atom. The molecule has 1 fully saturated rings. The molecule has 1 rings (SSSR count). The molecule has 0 aromatic rings. The fourth-order valence-corrected chi connectivity index (χ4v) is 1.99. The highest BCUT2D eigenvalue weighted by molar-refractivity contribution is 5.68. The molecule has 0 heterocycles. The van der Waals surface area contributed by atoms with Crippen LogP contribution in [0.4, 0.5) is 13.6 Å². The zero-order chi connectivity index (χ0) is 13.3. The van der Waals surface area contributed by atoms with Crippen LogP contribution in [0.5, 0.6) is 0 Å². The maximum Gasteiger partial charge on any atom is 0.407 e. The number of hydrogen-bond acceptors (Lipinski definition) is 2. The van der Waals surface area contributed by atoms with Gasteiger partial charge in [0.25, 0.3) is 5.92 Å². The molecule has 0 saturated heterocycles. The van der Waals surface area contributed by atoms with Gasteiger partial charge in [0.15, 0.2) is 0 Å². The molecule has 100 valence electrons. The normalized spacial score (nSPS) is 28.6. The Morgan fingerprint density at radius 3 is 2.53 bits per heavy atom. The van der Waals surface area contributed by atoms with Crippen molar-refractivity contribution in [2.24, 2.45) is 5.92 Å². The zero-order valence-corrected chi connectivity index (χ0v) is 10.8. The molecule has 2 atom stereocenters. The van der Waals surface area contributed by atoms with E-state index in [1.165, 1.54) is 6.92 Å². The lowest BCUT2D eigenvalue weighted by Crippen LogP contribution is -2.50. The monoisotopic (exact) mass is 249 g/mol. The summed E-state index contributed by atoms with van der Waals surface area (Å²) >= 11 is 0. The number of ether oxygens (including phenoxy) is 1. The van der Waals surface area contributed by atoms with Gasteiger partial charge in [-0.05, 0) is 33.6 Å². The van der Waals surface area contributed by atoms with Gasteiger partial charge < -0.3 is 10.1 Å². The number of carbonyl (C=O) groups excluding carboxylic acids is 1. The summed E-state index contributed by atoms with van der Waals surface area (Å²) in [5.74, 6) is -3.54. The Labute approximate surface area is 101 Å². The van der Waals surface area contributed by atoms with Gasteiger partial charge in [0, 0.05) is 18.4 Å². The molecule has 3 nitrogen and oxygen atoms in total.